The number of nitrogens with zero attached hydrogens (tertiary/aromatic N) is 2. The molecule has 2 N–H and O–H groups in total. The van der Waals surface area contributed by atoms with Crippen LogP contribution in [0.3, 0.4) is 0 Å². The van der Waals surface area contributed by atoms with Crippen LogP contribution in [0.15, 0.2) is 11.2 Å². The standard InChI is InChI=1S/C12H13Cl2N3O3/c1-5(2)19-12(18)11-10(14)6(15)3-7(16-11)8-4-9(13)17-20-8/h3,5,8H,4H2,1-2H3,(H2,15,16). The first-order chi connectivity index (χ1) is 9.38. The molecule has 108 valence electrons. The van der Waals surface area contributed by atoms with Crippen LogP contribution in [-0.2, 0) is 9.57 Å². The number of ether oxygens (including phenoxy) is 1. The van der Waals surface area contributed by atoms with Crippen LogP contribution in [0.4, 0.5) is 5.69 Å². The van der Waals surface area contributed by atoms with Crippen LogP contribution in [0.2, 0.25) is 5.02 Å². The van der Waals surface area contributed by atoms with Gasteiger partial charge in [-0.25, -0.2) is 9.78 Å². The summed E-state index contributed by atoms with van der Waals surface area (Å²) in [5.74, 6) is -0.636. The zero-order valence-electron chi connectivity index (χ0n) is 10.9. The van der Waals surface area contributed by atoms with E-state index in [4.69, 9.17) is 38.5 Å². The summed E-state index contributed by atoms with van der Waals surface area (Å²) in [4.78, 5) is 21.2. The summed E-state index contributed by atoms with van der Waals surface area (Å²) in [7, 11) is 0. The highest BCUT2D eigenvalue weighted by atomic mass is 35.5. The maximum absolute atomic E-state index is 11.9. The van der Waals surface area contributed by atoms with E-state index >= 15 is 0 Å². The Kier molecular flexibility index (Phi) is 4.35. The molecule has 1 unspecified atom stereocenters. The Morgan fingerprint density at radius 1 is 1.55 bits per heavy atom. The largest absolute Gasteiger partial charge is 0.458 e. The Bertz CT molecular complexity index is 575. The fourth-order valence-electron chi connectivity index (χ4n) is 1.65. The van der Waals surface area contributed by atoms with Gasteiger partial charge in [-0.05, 0) is 19.9 Å². The van der Waals surface area contributed by atoms with Crippen LogP contribution < -0.4 is 5.73 Å². The van der Waals surface area contributed by atoms with Crippen molar-refractivity contribution in [2.24, 2.45) is 5.16 Å². The number of hydrogen-bond acceptors (Lipinski definition) is 6. The van der Waals surface area contributed by atoms with Crippen LogP contribution >= 0.6 is 23.2 Å². The van der Waals surface area contributed by atoms with Gasteiger partial charge >= 0.3 is 5.97 Å². The Labute approximate surface area is 125 Å². The molecule has 0 saturated heterocycles. The van der Waals surface area contributed by atoms with Crippen molar-refractivity contribution in [3.8, 4) is 0 Å². The molecule has 0 saturated carbocycles. The number of rotatable bonds is 3. The van der Waals surface area contributed by atoms with E-state index in [0.717, 1.165) is 0 Å². The number of carbonyl (C=O) groups is 1. The molecule has 0 radical (unpaired) electrons. The molecule has 0 spiro atoms. The van der Waals surface area contributed by atoms with E-state index in [1.165, 1.54) is 6.07 Å². The molecule has 0 amide bonds. The molecule has 2 heterocycles. The second kappa shape index (κ2) is 5.85. The van der Waals surface area contributed by atoms with Gasteiger partial charge in [-0.3, -0.25) is 0 Å². The third-order valence-electron chi connectivity index (χ3n) is 2.50. The molecule has 0 bridgehead atoms. The number of carbonyl (C=O) groups excluding carboxylic acids is 1. The maximum atomic E-state index is 11.9. The second-order valence-corrected chi connectivity index (χ2v) is 5.33. The first-order valence-electron chi connectivity index (χ1n) is 5.93. The van der Waals surface area contributed by atoms with Crippen molar-refractivity contribution in [1.82, 2.24) is 4.98 Å². The Morgan fingerprint density at radius 2 is 2.25 bits per heavy atom. The van der Waals surface area contributed by atoms with E-state index in [-0.39, 0.29) is 22.5 Å². The number of esters is 1. The predicted octanol–water partition coefficient (Wildman–Crippen LogP) is 2.90. The van der Waals surface area contributed by atoms with Gasteiger partial charge in [-0.15, -0.1) is 0 Å². The lowest BCUT2D eigenvalue weighted by atomic mass is 10.1. The van der Waals surface area contributed by atoms with E-state index in [0.29, 0.717) is 17.3 Å². The fraction of sp³-hybridized carbons (Fsp3) is 0.417. The van der Waals surface area contributed by atoms with E-state index in [1.54, 1.807) is 13.8 Å². The maximum Gasteiger partial charge on any atom is 0.358 e. The van der Waals surface area contributed by atoms with Gasteiger partial charge in [-0.1, -0.05) is 28.4 Å². The molecule has 1 atom stereocenters. The molecule has 1 aromatic rings. The third-order valence-corrected chi connectivity index (χ3v) is 3.12. The van der Waals surface area contributed by atoms with Crippen molar-refractivity contribution in [2.75, 3.05) is 5.73 Å². The van der Waals surface area contributed by atoms with Gasteiger partial charge < -0.3 is 15.3 Å². The number of aromatic nitrogens is 1. The van der Waals surface area contributed by atoms with Gasteiger partial charge in [0.05, 0.1) is 22.5 Å². The lowest BCUT2D eigenvalue weighted by Crippen LogP contribution is -2.16. The molecule has 1 aromatic heterocycles. The number of nitrogen functional groups attached to an aromatic ring is 1. The van der Waals surface area contributed by atoms with Crippen LogP contribution in [0, 0.1) is 0 Å². The number of halogens is 2. The zero-order chi connectivity index (χ0) is 14.9. The molecular weight excluding hydrogens is 305 g/mol. The zero-order valence-corrected chi connectivity index (χ0v) is 12.4. The minimum absolute atomic E-state index is 0.0398. The lowest BCUT2D eigenvalue weighted by molar-refractivity contribution is 0.0368. The van der Waals surface area contributed by atoms with Crippen molar-refractivity contribution in [3.05, 3.63) is 22.5 Å². The molecule has 0 fully saturated rings. The summed E-state index contributed by atoms with van der Waals surface area (Å²) >= 11 is 11.7. The van der Waals surface area contributed by atoms with Gasteiger partial charge in [0, 0.05) is 6.42 Å². The molecule has 0 aliphatic carbocycles. The molecule has 6 nitrogen and oxygen atoms in total. The number of oxime groups is 1. The summed E-state index contributed by atoms with van der Waals surface area (Å²) in [6.07, 6.45) is -0.396. The van der Waals surface area contributed by atoms with Crippen LogP contribution in [0.1, 0.15) is 42.6 Å². The van der Waals surface area contributed by atoms with Gasteiger partial charge in [0.15, 0.2) is 11.8 Å². The fourth-order valence-corrected chi connectivity index (χ4v) is 2.00. The summed E-state index contributed by atoms with van der Waals surface area (Å²) in [5.41, 5.74) is 6.40. The smallest absolute Gasteiger partial charge is 0.358 e. The highest BCUT2D eigenvalue weighted by Gasteiger charge is 2.27. The molecule has 0 aromatic carbocycles. The van der Waals surface area contributed by atoms with Crippen molar-refractivity contribution in [2.45, 2.75) is 32.5 Å². The Morgan fingerprint density at radius 3 is 2.80 bits per heavy atom. The molecule has 20 heavy (non-hydrogen) atoms. The average Bonchev–Trinajstić information content (AvgIpc) is 2.78. The average molecular weight is 318 g/mol. The number of anilines is 1. The van der Waals surface area contributed by atoms with Gasteiger partial charge in [0.2, 0.25) is 0 Å². The molecular formula is C12H13Cl2N3O3. The summed E-state index contributed by atoms with van der Waals surface area (Å²) in [5, 5.41) is 4.01. The molecule has 2 rings (SSSR count). The monoisotopic (exact) mass is 317 g/mol. The number of nitrogens with two attached hydrogens (primary N) is 1. The van der Waals surface area contributed by atoms with Crippen molar-refractivity contribution in [3.63, 3.8) is 0 Å². The molecule has 8 heteroatoms. The molecule has 1 aliphatic heterocycles. The van der Waals surface area contributed by atoms with E-state index in [2.05, 4.69) is 10.1 Å². The Hall–Kier alpha value is -1.53. The number of pyridine rings is 1. The lowest BCUT2D eigenvalue weighted by Gasteiger charge is -2.13. The predicted molar refractivity (Wildman–Crippen MR) is 75.9 cm³/mol. The quantitative estimate of drug-likeness (QED) is 0.866. The highest BCUT2D eigenvalue weighted by Crippen LogP contribution is 2.32. The van der Waals surface area contributed by atoms with E-state index in [1.807, 2.05) is 0 Å². The third kappa shape index (κ3) is 3.13. The SMILES string of the molecule is CC(C)OC(=O)c1nc(C2CC(Cl)=NO2)cc(N)c1Cl. The number of hydrogen-bond donors (Lipinski definition) is 1. The van der Waals surface area contributed by atoms with Crippen molar-refractivity contribution < 1.29 is 14.4 Å². The van der Waals surface area contributed by atoms with Gasteiger partial charge in [0.25, 0.3) is 0 Å². The van der Waals surface area contributed by atoms with Crippen molar-refractivity contribution in [1.29, 1.82) is 0 Å². The summed E-state index contributed by atoms with van der Waals surface area (Å²) in [6, 6.07) is 1.53. The van der Waals surface area contributed by atoms with Crippen LogP contribution in [-0.4, -0.2) is 22.2 Å². The first kappa shape index (κ1) is 14.9. The van der Waals surface area contributed by atoms with E-state index < -0.39 is 12.1 Å². The van der Waals surface area contributed by atoms with Gasteiger partial charge in [-0.2, -0.15) is 0 Å². The van der Waals surface area contributed by atoms with Crippen LogP contribution in [0.5, 0.6) is 0 Å². The highest BCUT2D eigenvalue weighted by molar-refractivity contribution is 6.65. The second-order valence-electron chi connectivity index (χ2n) is 4.52. The van der Waals surface area contributed by atoms with Crippen molar-refractivity contribution >= 4 is 40.0 Å². The summed E-state index contributed by atoms with van der Waals surface area (Å²) in [6.45, 7) is 3.46. The normalized spacial score (nSPS) is 17.9. The topological polar surface area (TPSA) is 86.8 Å². The Balaban J connectivity index is 2.32. The van der Waals surface area contributed by atoms with Crippen LogP contribution in [0.25, 0.3) is 0 Å². The van der Waals surface area contributed by atoms with E-state index in [9.17, 15) is 4.79 Å². The molecule has 1 aliphatic rings. The van der Waals surface area contributed by atoms with Gasteiger partial charge in [0.1, 0.15) is 5.17 Å². The summed E-state index contributed by atoms with van der Waals surface area (Å²) < 4.78 is 5.07. The minimum Gasteiger partial charge on any atom is -0.458 e. The first-order valence-corrected chi connectivity index (χ1v) is 6.69. The minimum atomic E-state index is -0.636.